The molecule has 0 bridgehead atoms. The van der Waals surface area contributed by atoms with Gasteiger partial charge in [-0.25, -0.2) is 0 Å². The maximum Gasteiger partial charge on any atom is 0.143 e. The first-order valence-electron chi connectivity index (χ1n) is 38.1. The minimum atomic E-state index is -0.899. The lowest BCUT2D eigenvalue weighted by molar-refractivity contribution is -0.0497. The summed E-state index contributed by atoms with van der Waals surface area (Å²) in [4.78, 5) is 0. The van der Waals surface area contributed by atoms with E-state index in [0.717, 1.165) is 33.4 Å². The molecular weight excluding hydrogens is 1570 g/mol. The van der Waals surface area contributed by atoms with E-state index in [1.807, 2.05) is 146 Å². The fraction of sp³-hybridized carbons (Fsp3) is 0.167. The van der Waals surface area contributed by atoms with Crippen LogP contribution in [-0.2, 0) is 30.1 Å². The lowest BCUT2D eigenvalue weighted by Crippen LogP contribution is -2.36. The van der Waals surface area contributed by atoms with Gasteiger partial charge in [-0.2, -0.15) is 0 Å². The van der Waals surface area contributed by atoms with Crippen molar-refractivity contribution in [3.8, 4) is 379 Å². The molecule has 8 heteroatoms. The standard InChI is InChI=1S/C40H26O2.C39H24O2.C21H12O2.C20H10O2.64H2/c1-3-4-5-6-7-8-9-10-11-12-13-14-15-16-17-27-34-39(41-2)35-42-40(36-28-21-18-22-29-36,37-30-23-19-24-31-37)38-32-25-20-26-33-38;1-2-3-4-5-6-7-8-9-10-11-12-13-14-15-16-26-33-38(40)34-41-39(35-27-20-17-21-28-35,36-29-22-18-23-30-36)37-31-24-19-25-32-37;1-3-4-5-6-7-8-9-10-11-12-13-14-15-16-17-18-19-21(20-22)23-2;1-2-3-4-5-6-7-8-9-10-11-12-13-14-15-16-17-18-20(22)19-21;;;;;;;;;;;;;;;;;;;;;;;;;;;;;;;;;;;;;;;;;;;;;;;;;;;;;;;;;;;;;;;;/h18-26,28-33,39H,34-35H2,1-2H3;17-25,27-32,38,40H,33-34H2,1H3;21-22H,19-20H2,1-2H3;20-22H,18-19H2,1H3;64*1H. The largest absolute Gasteiger partial charge is 0.394 e. The second-order valence-corrected chi connectivity index (χ2v) is 23.1. The molecule has 0 saturated heterocycles. The van der Waals surface area contributed by atoms with Crippen LogP contribution in [0, 0.1) is 379 Å². The van der Waals surface area contributed by atoms with Gasteiger partial charge in [0.1, 0.15) is 11.2 Å². The molecule has 0 aliphatic carbocycles. The highest BCUT2D eigenvalue weighted by atomic mass is 16.5. The van der Waals surface area contributed by atoms with Crippen molar-refractivity contribution >= 4 is 0 Å². The Kier molecular flexibility index (Phi) is 59.8. The Morgan fingerprint density at radius 2 is 0.391 bits per heavy atom. The van der Waals surface area contributed by atoms with Crippen molar-refractivity contribution in [2.24, 2.45) is 0 Å². The van der Waals surface area contributed by atoms with Crippen molar-refractivity contribution in [3.63, 3.8) is 0 Å². The van der Waals surface area contributed by atoms with E-state index >= 15 is 0 Å². The summed E-state index contributed by atoms with van der Waals surface area (Å²) in [5.41, 5.74) is 4.27. The van der Waals surface area contributed by atoms with Gasteiger partial charge in [-0.3, -0.25) is 0 Å². The molecule has 6 aromatic rings. The van der Waals surface area contributed by atoms with Crippen molar-refractivity contribution in [2.45, 2.75) is 89.0 Å². The monoisotopic (exact) mass is 1770 g/mol. The number of ether oxygens (including phenoxy) is 4. The van der Waals surface area contributed by atoms with Gasteiger partial charge in [-0.15, -0.1) is 0 Å². The highest BCUT2D eigenvalue weighted by molar-refractivity contribution is 5.54. The molecule has 0 saturated carbocycles. The normalized spacial score (nSPS) is 8.52. The molecule has 0 aromatic heterocycles. The molecule has 0 aliphatic rings. The summed E-state index contributed by atoms with van der Waals surface area (Å²) in [6.07, 6.45) is -0.970. The lowest BCUT2D eigenvalue weighted by Gasteiger charge is -2.36. The summed E-state index contributed by atoms with van der Waals surface area (Å²) in [7, 11) is 3.17. The second kappa shape index (κ2) is 74.2. The quantitative estimate of drug-likeness (QED) is 0.0441. The van der Waals surface area contributed by atoms with E-state index in [9.17, 15) is 5.11 Å². The summed E-state index contributed by atoms with van der Waals surface area (Å²) in [5, 5.41) is 37.1. The predicted molar refractivity (Wildman–Crippen MR) is 643 cm³/mol. The molecule has 0 spiro atoms. The van der Waals surface area contributed by atoms with Crippen LogP contribution in [0.15, 0.2) is 182 Å². The topological polar surface area (TPSA) is 118 Å². The molecule has 0 radical (unpaired) electrons. The number of benzene rings is 6. The zero-order valence-electron chi connectivity index (χ0n) is 70.7. The fourth-order valence-electron chi connectivity index (χ4n) is 9.13. The Hall–Kier alpha value is -19.1. The number of hydrogen-bond donors (Lipinski definition) is 4. The third kappa shape index (κ3) is 48.7. The average Bonchev–Trinajstić information content (AvgIpc) is 0.759. The van der Waals surface area contributed by atoms with Crippen molar-refractivity contribution < 1.29 is 131 Å². The van der Waals surface area contributed by atoms with Gasteiger partial charge in [-0.05, 0) is 393 Å². The smallest absolute Gasteiger partial charge is 0.143 e. The molecule has 0 heterocycles. The van der Waals surface area contributed by atoms with E-state index in [0.29, 0.717) is 19.4 Å². The zero-order chi connectivity index (χ0) is 91.7. The summed E-state index contributed by atoms with van der Waals surface area (Å²) in [5.74, 6) is 165. The van der Waals surface area contributed by atoms with Gasteiger partial charge < -0.3 is 39.4 Å². The maximum atomic E-state index is 10.7. The molecular formula is C120H200O8. The van der Waals surface area contributed by atoms with E-state index in [-0.39, 0.29) is 136 Å². The van der Waals surface area contributed by atoms with E-state index in [1.165, 1.54) is 7.11 Å². The minimum absolute atomic E-state index is 0. The number of aliphatic hydroxyl groups excluding tert-OH is 4. The lowest BCUT2D eigenvalue weighted by atomic mass is 9.80. The van der Waals surface area contributed by atoms with Gasteiger partial charge >= 0.3 is 0 Å². The van der Waals surface area contributed by atoms with Gasteiger partial charge in [0.25, 0.3) is 0 Å². The molecule has 0 amide bonds. The number of aliphatic hydroxyl groups is 4. The Bertz CT molecular complexity index is 7050. The number of methoxy groups -OCH3 is 2. The predicted octanol–water partition coefficient (Wildman–Crippen LogP) is 26.2. The first-order chi connectivity index (χ1) is 63.2. The van der Waals surface area contributed by atoms with Gasteiger partial charge in [-0.1, -0.05) is 229 Å². The molecule has 4 atom stereocenters. The molecule has 6 aromatic carbocycles. The van der Waals surface area contributed by atoms with Crippen LogP contribution in [0.2, 0.25) is 0 Å². The van der Waals surface area contributed by atoms with Gasteiger partial charge in [0.2, 0.25) is 0 Å². The van der Waals surface area contributed by atoms with E-state index < -0.39 is 23.4 Å². The zero-order valence-corrected chi connectivity index (χ0v) is 70.7. The molecule has 8 nitrogen and oxygen atoms in total. The van der Waals surface area contributed by atoms with E-state index in [2.05, 4.69) is 415 Å². The molecule has 4 unspecified atom stereocenters. The van der Waals surface area contributed by atoms with Gasteiger partial charge in [0.15, 0.2) is 0 Å². The summed E-state index contributed by atoms with van der Waals surface area (Å²) < 4.78 is 24.1. The Morgan fingerprint density at radius 3 is 0.578 bits per heavy atom. The van der Waals surface area contributed by atoms with Crippen molar-refractivity contribution in [1.29, 1.82) is 0 Å². The van der Waals surface area contributed by atoms with Crippen molar-refractivity contribution in [3.05, 3.63) is 215 Å². The van der Waals surface area contributed by atoms with Crippen LogP contribution in [0.25, 0.3) is 0 Å². The highest BCUT2D eigenvalue weighted by Crippen LogP contribution is 2.42. The molecule has 0 fully saturated rings. The molecule has 0 aliphatic heterocycles. The van der Waals surface area contributed by atoms with E-state index in [1.54, 1.807) is 34.8 Å². The molecule has 6 rings (SSSR count). The highest BCUT2D eigenvalue weighted by Gasteiger charge is 2.39. The second-order valence-electron chi connectivity index (χ2n) is 23.1. The SMILES string of the molecule is CC#CC#CC#CC#CC#CC#CC#CC#CCC(CO)OC.CC#CC#CC#CC#CC#CC#CC#CC#CCC(COC(c1ccccc1)(c1ccccc1)c1ccccc1)OC.CC#CC#CC#CC#CC#CC#CC#CC#CCC(O)CO.CC#CC#CC#CC#CC#CC#CC#CC#CCC(O)COC(c1ccccc1)(c1ccccc1)c1ccccc1.[HH].[HH].[HH].[HH].[HH].[HH].[HH].[HH].[HH].[HH].[HH].[HH].[HH].[HH].[HH].[HH].[HH].[HH].[HH].[HH].[HH].[HH].[HH].[HH].[HH].[HH].[HH].[HH].[HH].[HH].[HH].[HH].[HH].[HH].[HH].[HH].[HH].[HH].[HH].[HH].[HH].[HH].[HH].[HH].[HH].[HH].[HH].[HH].[HH].[HH].[HH].[HH].[HH].[HH].[HH].[HH].[HH].[HH].[HH].[HH].[HH].[HH].[HH].[HH]. The molecule has 128 heavy (non-hydrogen) atoms. The van der Waals surface area contributed by atoms with Crippen LogP contribution >= 0.6 is 0 Å². The minimum Gasteiger partial charge on any atom is -0.394 e. The van der Waals surface area contributed by atoms with Crippen LogP contribution < -0.4 is 0 Å². The van der Waals surface area contributed by atoms with Gasteiger partial charge in [0.05, 0.1) is 50.8 Å². The van der Waals surface area contributed by atoms with Crippen molar-refractivity contribution in [2.75, 3.05) is 40.6 Å². The third-order valence-corrected chi connectivity index (χ3v) is 14.6. The fourth-order valence-corrected chi connectivity index (χ4v) is 9.13. The number of rotatable bonds is 20. The van der Waals surface area contributed by atoms with Crippen LogP contribution in [0.4, 0.5) is 0 Å². The first-order valence-corrected chi connectivity index (χ1v) is 38.1. The van der Waals surface area contributed by atoms with E-state index in [4.69, 9.17) is 34.3 Å². The average molecular weight is 1770 g/mol. The summed E-state index contributed by atoms with van der Waals surface area (Å²) in [6, 6.07) is 60.7. The van der Waals surface area contributed by atoms with Crippen LogP contribution in [-0.4, -0.2) is 85.5 Å². The molecule has 4 N–H and O–H groups in total. The Labute approximate surface area is 853 Å². The number of hydrogen-bond acceptors (Lipinski definition) is 8. The molecule has 728 valence electrons. The third-order valence-electron chi connectivity index (χ3n) is 14.6. The van der Waals surface area contributed by atoms with Gasteiger partial charge in [0, 0.05) is 131 Å². The summed E-state index contributed by atoms with van der Waals surface area (Å²) in [6.45, 7) is 6.80. The Balaban J connectivity index is -0.0000000180. The first kappa shape index (κ1) is 103. The maximum absolute atomic E-state index is 10.7. The van der Waals surface area contributed by atoms with Crippen LogP contribution in [0.3, 0.4) is 0 Å². The van der Waals surface area contributed by atoms with Crippen LogP contribution in [0.1, 0.15) is 178 Å². The van der Waals surface area contributed by atoms with Crippen molar-refractivity contribution in [1.82, 2.24) is 0 Å². The van der Waals surface area contributed by atoms with Crippen LogP contribution in [0.5, 0.6) is 0 Å². The Morgan fingerprint density at radius 1 is 0.219 bits per heavy atom. The summed E-state index contributed by atoms with van der Waals surface area (Å²) >= 11 is 0.